The molecule has 4 aromatic rings. The zero-order valence-corrected chi connectivity index (χ0v) is 18.6. The summed E-state index contributed by atoms with van der Waals surface area (Å²) in [7, 11) is 0. The van der Waals surface area contributed by atoms with Crippen molar-refractivity contribution in [2.75, 3.05) is 5.73 Å². The summed E-state index contributed by atoms with van der Waals surface area (Å²) in [5, 5.41) is 12.2. The predicted molar refractivity (Wildman–Crippen MR) is 125 cm³/mol. The average Bonchev–Trinajstić information content (AvgIpc) is 3.14. The summed E-state index contributed by atoms with van der Waals surface area (Å²) in [6.45, 7) is 8.26. The number of rotatable bonds is 2. The Morgan fingerprint density at radius 1 is 1.06 bits per heavy atom. The fourth-order valence-electron chi connectivity index (χ4n) is 2.71. The Hall–Kier alpha value is -3.81. The van der Waals surface area contributed by atoms with Gasteiger partial charge in [0.1, 0.15) is 11.6 Å². The fraction of sp³-hybridized carbons (Fsp3) is 0.208. The molecular formula is C24H30F2N4O2. The van der Waals surface area contributed by atoms with Gasteiger partial charge in [0, 0.05) is 12.9 Å². The molecule has 0 saturated carbocycles. The standard InChI is InChI=1S/C16H15FN2.C5H5FN2.C2H6.CH2O2.H2/c1-11-5-3-4-6-13(11)10-19-16-8-15(17)12(2)7-14(16)9-18-19;6-4-2-1-3-5(7)8-4;1-2;2-1-3;/h3-9H,10H2,1-2H3;1-3H,(H2,7,8);1-2H3;1H,(H,2,3);1H. The molecule has 0 aliphatic rings. The van der Waals surface area contributed by atoms with Crippen LogP contribution >= 0.6 is 0 Å². The summed E-state index contributed by atoms with van der Waals surface area (Å²) in [5.74, 6) is -0.506. The number of nitrogens with two attached hydrogens (primary N) is 1. The Labute approximate surface area is 187 Å². The van der Waals surface area contributed by atoms with Gasteiger partial charge in [-0.25, -0.2) is 9.37 Å². The van der Waals surface area contributed by atoms with Crippen molar-refractivity contribution in [1.29, 1.82) is 0 Å². The van der Waals surface area contributed by atoms with Gasteiger partial charge in [-0.05, 0) is 48.7 Å². The van der Waals surface area contributed by atoms with Crippen LogP contribution in [0.15, 0.2) is 60.8 Å². The molecule has 2 aromatic carbocycles. The topological polar surface area (TPSA) is 94.0 Å². The van der Waals surface area contributed by atoms with Gasteiger partial charge in [-0.1, -0.05) is 44.2 Å². The second-order valence-corrected chi connectivity index (χ2v) is 6.38. The molecule has 0 radical (unpaired) electrons. The minimum Gasteiger partial charge on any atom is -0.483 e. The number of carboxylic acid groups (broad SMARTS) is 1. The number of pyridine rings is 1. The molecule has 2 heterocycles. The average molecular weight is 445 g/mol. The summed E-state index contributed by atoms with van der Waals surface area (Å²) < 4.78 is 27.5. The number of hydrogen-bond donors (Lipinski definition) is 2. The van der Waals surface area contributed by atoms with Gasteiger partial charge in [-0.2, -0.15) is 9.49 Å². The first kappa shape index (κ1) is 26.2. The van der Waals surface area contributed by atoms with Crippen LogP contribution in [0.3, 0.4) is 0 Å². The van der Waals surface area contributed by atoms with E-state index in [2.05, 4.69) is 29.1 Å². The highest BCUT2D eigenvalue weighted by molar-refractivity contribution is 5.79. The molecule has 0 unspecified atom stereocenters. The van der Waals surface area contributed by atoms with E-state index in [0.717, 1.165) is 10.9 Å². The van der Waals surface area contributed by atoms with Gasteiger partial charge in [0.15, 0.2) is 0 Å². The molecule has 0 saturated heterocycles. The predicted octanol–water partition coefficient (Wildman–Crippen LogP) is 5.62. The third kappa shape index (κ3) is 7.79. The largest absolute Gasteiger partial charge is 0.483 e. The third-order valence-electron chi connectivity index (χ3n) is 4.24. The van der Waals surface area contributed by atoms with E-state index >= 15 is 0 Å². The minimum absolute atomic E-state index is 0. The number of halogens is 2. The minimum atomic E-state index is -0.537. The van der Waals surface area contributed by atoms with Crippen molar-refractivity contribution in [1.82, 2.24) is 14.8 Å². The Morgan fingerprint density at radius 2 is 1.72 bits per heavy atom. The van der Waals surface area contributed by atoms with E-state index in [1.54, 1.807) is 19.2 Å². The van der Waals surface area contributed by atoms with Crippen molar-refractivity contribution in [2.24, 2.45) is 0 Å². The first-order valence-corrected chi connectivity index (χ1v) is 9.97. The van der Waals surface area contributed by atoms with Crippen LogP contribution in [-0.2, 0) is 11.3 Å². The van der Waals surface area contributed by atoms with Crippen LogP contribution in [0.25, 0.3) is 10.9 Å². The number of carbonyl (C=O) groups is 1. The molecule has 3 N–H and O–H groups in total. The van der Waals surface area contributed by atoms with Crippen molar-refractivity contribution in [3.05, 3.63) is 89.2 Å². The number of nitrogen functional groups attached to an aromatic ring is 1. The van der Waals surface area contributed by atoms with E-state index in [9.17, 15) is 8.78 Å². The molecule has 0 aliphatic heterocycles. The van der Waals surface area contributed by atoms with E-state index in [1.165, 1.54) is 29.3 Å². The molecule has 32 heavy (non-hydrogen) atoms. The quantitative estimate of drug-likeness (QED) is 0.309. The van der Waals surface area contributed by atoms with E-state index in [-0.39, 0.29) is 19.5 Å². The maximum atomic E-state index is 13.7. The lowest BCUT2D eigenvalue weighted by Crippen LogP contribution is -2.03. The Balaban J connectivity index is 0.000000614. The van der Waals surface area contributed by atoms with Crippen molar-refractivity contribution in [3.63, 3.8) is 0 Å². The maximum Gasteiger partial charge on any atom is 0.290 e. The lowest BCUT2D eigenvalue weighted by atomic mass is 10.1. The molecule has 2 aromatic heterocycles. The van der Waals surface area contributed by atoms with Crippen LogP contribution in [0.2, 0.25) is 0 Å². The highest BCUT2D eigenvalue weighted by Crippen LogP contribution is 2.20. The normalized spacial score (nSPS) is 9.44. The zero-order chi connectivity index (χ0) is 24.1. The van der Waals surface area contributed by atoms with E-state index in [4.69, 9.17) is 15.6 Å². The first-order valence-electron chi connectivity index (χ1n) is 9.97. The van der Waals surface area contributed by atoms with Gasteiger partial charge in [0.05, 0.1) is 18.3 Å². The van der Waals surface area contributed by atoms with Gasteiger partial charge in [0.2, 0.25) is 5.95 Å². The van der Waals surface area contributed by atoms with Gasteiger partial charge in [-0.15, -0.1) is 0 Å². The number of aromatic nitrogens is 3. The molecule has 0 spiro atoms. The monoisotopic (exact) mass is 444 g/mol. The number of benzene rings is 2. The smallest absolute Gasteiger partial charge is 0.290 e. The Bertz CT molecular complexity index is 1120. The van der Waals surface area contributed by atoms with Crippen molar-refractivity contribution >= 4 is 23.2 Å². The molecule has 0 bridgehead atoms. The molecule has 0 aliphatic carbocycles. The number of nitrogens with zero attached hydrogens (tertiary/aromatic N) is 3. The molecule has 0 fully saturated rings. The Kier molecular flexibility index (Phi) is 11.1. The molecular weight excluding hydrogens is 414 g/mol. The highest BCUT2D eigenvalue weighted by Gasteiger charge is 2.08. The summed E-state index contributed by atoms with van der Waals surface area (Å²) in [4.78, 5) is 11.6. The Morgan fingerprint density at radius 3 is 2.28 bits per heavy atom. The van der Waals surface area contributed by atoms with Crippen molar-refractivity contribution in [3.8, 4) is 0 Å². The third-order valence-corrected chi connectivity index (χ3v) is 4.24. The van der Waals surface area contributed by atoms with Crippen LogP contribution in [0.5, 0.6) is 0 Å². The number of anilines is 1. The SMILES string of the molecule is CC.Cc1cc2cnn(Cc3ccccc3C)c2cc1F.Nc1cccc(F)n1.O=CO.[HH]. The van der Waals surface area contributed by atoms with Crippen LogP contribution in [-0.4, -0.2) is 26.3 Å². The molecule has 0 amide bonds. The summed E-state index contributed by atoms with van der Waals surface area (Å²) >= 11 is 0. The van der Waals surface area contributed by atoms with Gasteiger partial charge in [-0.3, -0.25) is 9.48 Å². The van der Waals surface area contributed by atoms with Crippen molar-refractivity contribution < 1.29 is 20.1 Å². The van der Waals surface area contributed by atoms with Crippen LogP contribution in [0.1, 0.15) is 32.0 Å². The lowest BCUT2D eigenvalue weighted by molar-refractivity contribution is -0.122. The summed E-state index contributed by atoms with van der Waals surface area (Å²) in [5.41, 5.74) is 9.03. The van der Waals surface area contributed by atoms with E-state index < -0.39 is 5.95 Å². The van der Waals surface area contributed by atoms with Gasteiger partial charge in [0.25, 0.3) is 6.47 Å². The second kappa shape index (κ2) is 13.5. The van der Waals surface area contributed by atoms with Gasteiger partial charge >= 0.3 is 0 Å². The summed E-state index contributed by atoms with van der Waals surface area (Å²) in [6, 6.07) is 15.9. The molecule has 0 atom stereocenters. The molecule has 4 rings (SSSR count). The molecule has 8 heteroatoms. The second-order valence-electron chi connectivity index (χ2n) is 6.38. The van der Waals surface area contributed by atoms with E-state index in [1.807, 2.05) is 36.7 Å². The van der Waals surface area contributed by atoms with Crippen molar-refractivity contribution in [2.45, 2.75) is 34.2 Å². The fourth-order valence-corrected chi connectivity index (χ4v) is 2.71. The maximum absolute atomic E-state index is 13.7. The van der Waals surface area contributed by atoms with Crippen LogP contribution in [0, 0.1) is 25.6 Å². The number of aryl methyl sites for hydroxylation is 2. The van der Waals surface area contributed by atoms with Gasteiger partial charge < -0.3 is 10.8 Å². The number of hydrogen-bond acceptors (Lipinski definition) is 4. The molecule has 172 valence electrons. The zero-order valence-electron chi connectivity index (χ0n) is 18.6. The summed E-state index contributed by atoms with van der Waals surface area (Å²) in [6.07, 6.45) is 1.79. The van der Waals surface area contributed by atoms with E-state index in [0.29, 0.717) is 12.1 Å². The highest BCUT2D eigenvalue weighted by atomic mass is 19.1. The molecule has 6 nitrogen and oxygen atoms in total. The van der Waals surface area contributed by atoms with Crippen LogP contribution in [0.4, 0.5) is 14.6 Å². The lowest BCUT2D eigenvalue weighted by Gasteiger charge is -2.07. The van der Waals surface area contributed by atoms with Crippen LogP contribution < -0.4 is 5.73 Å². The first-order chi connectivity index (χ1) is 15.3. The number of fused-ring (bicyclic) bond motifs is 1.